The van der Waals surface area contributed by atoms with E-state index in [1.807, 2.05) is 0 Å². The molecule has 2 aromatic carbocycles. The number of hydrogen-bond acceptors (Lipinski definition) is 4. The van der Waals surface area contributed by atoms with E-state index >= 15 is 0 Å². The molecule has 0 unspecified atom stereocenters. The second-order valence-electron chi connectivity index (χ2n) is 5.80. The topological polar surface area (TPSA) is 84.0 Å². The Morgan fingerprint density at radius 1 is 1.00 bits per heavy atom. The number of nitrogens with zero attached hydrogens (tertiary/aromatic N) is 2. The van der Waals surface area contributed by atoms with Gasteiger partial charge in [-0.2, -0.15) is 0 Å². The van der Waals surface area contributed by atoms with Crippen molar-refractivity contribution < 1.29 is 18.4 Å². The summed E-state index contributed by atoms with van der Waals surface area (Å²) in [7, 11) is 0. The van der Waals surface area contributed by atoms with Crippen LogP contribution >= 0.6 is 23.2 Å². The molecule has 0 radical (unpaired) electrons. The van der Waals surface area contributed by atoms with E-state index in [4.69, 9.17) is 23.2 Å². The molecule has 1 heterocycles. The van der Waals surface area contributed by atoms with Crippen LogP contribution in [0.2, 0.25) is 10.0 Å². The molecule has 6 nitrogen and oxygen atoms in total. The van der Waals surface area contributed by atoms with Gasteiger partial charge in [0, 0.05) is 24.5 Å². The number of carbonyl (C=O) groups is 2. The van der Waals surface area contributed by atoms with Crippen molar-refractivity contribution in [1.82, 2.24) is 15.3 Å². The second-order valence-corrected chi connectivity index (χ2v) is 6.58. The summed E-state index contributed by atoms with van der Waals surface area (Å²) in [4.78, 5) is 32.7. The van der Waals surface area contributed by atoms with E-state index in [0.29, 0.717) is 5.56 Å². The maximum Gasteiger partial charge on any atom is 0.258 e. The van der Waals surface area contributed by atoms with Crippen molar-refractivity contribution in [2.24, 2.45) is 0 Å². The van der Waals surface area contributed by atoms with Crippen LogP contribution in [0.3, 0.4) is 0 Å². The van der Waals surface area contributed by atoms with E-state index in [1.165, 1.54) is 36.8 Å². The third-order valence-electron chi connectivity index (χ3n) is 3.78. The van der Waals surface area contributed by atoms with Gasteiger partial charge >= 0.3 is 0 Å². The van der Waals surface area contributed by atoms with Crippen LogP contribution in [0.4, 0.5) is 14.6 Å². The highest BCUT2D eigenvalue weighted by Gasteiger charge is 2.18. The van der Waals surface area contributed by atoms with Gasteiger partial charge in [-0.25, -0.2) is 13.8 Å². The van der Waals surface area contributed by atoms with Crippen molar-refractivity contribution in [3.8, 4) is 0 Å². The van der Waals surface area contributed by atoms with E-state index in [0.717, 1.165) is 12.1 Å². The van der Waals surface area contributed by atoms with E-state index in [1.54, 1.807) is 0 Å². The second kappa shape index (κ2) is 8.93. The number of aromatic nitrogens is 2. The fourth-order valence-corrected chi connectivity index (χ4v) is 2.78. The highest BCUT2D eigenvalue weighted by atomic mass is 35.5. The lowest BCUT2D eigenvalue weighted by molar-refractivity contribution is 0.0951. The van der Waals surface area contributed by atoms with Crippen LogP contribution in [-0.4, -0.2) is 21.8 Å². The normalized spacial score (nSPS) is 10.5. The number of benzene rings is 2. The third-order valence-corrected chi connectivity index (χ3v) is 4.58. The van der Waals surface area contributed by atoms with Gasteiger partial charge in [-0.1, -0.05) is 29.3 Å². The van der Waals surface area contributed by atoms with Gasteiger partial charge in [0.2, 0.25) is 0 Å². The first kappa shape index (κ1) is 20.6. The van der Waals surface area contributed by atoms with Crippen LogP contribution in [0, 0.1) is 11.6 Å². The molecule has 3 aromatic rings. The Hall–Kier alpha value is -3.10. The van der Waals surface area contributed by atoms with Gasteiger partial charge in [0.15, 0.2) is 17.5 Å². The van der Waals surface area contributed by atoms with Gasteiger partial charge in [0.05, 0.1) is 21.8 Å². The summed E-state index contributed by atoms with van der Waals surface area (Å²) in [6.07, 6.45) is 4.18. The van der Waals surface area contributed by atoms with Crippen molar-refractivity contribution >= 4 is 40.8 Å². The minimum Gasteiger partial charge on any atom is -0.348 e. The molecule has 2 amide bonds. The molecule has 0 saturated carbocycles. The summed E-state index contributed by atoms with van der Waals surface area (Å²) in [6.45, 7) is -0.0581. The molecule has 1 aromatic heterocycles. The number of carbonyl (C=O) groups excluding carboxylic acids is 2. The quantitative estimate of drug-likeness (QED) is 0.626. The predicted molar refractivity (Wildman–Crippen MR) is 104 cm³/mol. The maximum absolute atomic E-state index is 13.3. The Labute approximate surface area is 173 Å². The average molecular weight is 437 g/mol. The molecule has 0 saturated heterocycles. The summed E-state index contributed by atoms with van der Waals surface area (Å²) in [5.41, 5.74) is 0.381. The first-order valence-electron chi connectivity index (χ1n) is 8.13. The minimum absolute atomic E-state index is 0.00330. The van der Waals surface area contributed by atoms with E-state index in [2.05, 4.69) is 20.6 Å². The van der Waals surface area contributed by atoms with Crippen LogP contribution < -0.4 is 10.6 Å². The van der Waals surface area contributed by atoms with Gasteiger partial charge in [-0.15, -0.1) is 0 Å². The van der Waals surface area contributed by atoms with Gasteiger partial charge in [0.25, 0.3) is 11.8 Å². The number of hydrogen-bond donors (Lipinski definition) is 2. The Kier molecular flexibility index (Phi) is 6.36. The number of anilines is 1. The highest BCUT2D eigenvalue weighted by molar-refractivity contribution is 6.44. The molecule has 10 heteroatoms. The largest absolute Gasteiger partial charge is 0.348 e. The number of rotatable bonds is 5. The Morgan fingerprint density at radius 3 is 2.48 bits per heavy atom. The first-order chi connectivity index (χ1) is 13.8. The molecule has 3 rings (SSSR count). The molecule has 0 aliphatic heterocycles. The van der Waals surface area contributed by atoms with Crippen molar-refractivity contribution in [2.45, 2.75) is 6.54 Å². The summed E-state index contributed by atoms with van der Waals surface area (Å²) >= 11 is 12.2. The van der Waals surface area contributed by atoms with Crippen LogP contribution in [0.15, 0.2) is 48.9 Å². The number of amides is 2. The smallest absolute Gasteiger partial charge is 0.258 e. The summed E-state index contributed by atoms with van der Waals surface area (Å²) < 4.78 is 26.3. The minimum atomic E-state index is -1.02. The molecule has 0 atom stereocenters. The molecule has 0 spiro atoms. The Bertz CT molecular complexity index is 1080. The molecular weight excluding hydrogens is 425 g/mol. The van der Waals surface area contributed by atoms with Gasteiger partial charge in [-0.05, 0) is 29.8 Å². The maximum atomic E-state index is 13.3. The van der Waals surface area contributed by atoms with Crippen LogP contribution in [0.25, 0.3) is 0 Å². The zero-order valence-electron chi connectivity index (χ0n) is 14.5. The lowest BCUT2D eigenvalue weighted by Crippen LogP contribution is -2.24. The number of nitrogens with one attached hydrogen (secondary N) is 2. The molecule has 0 aliphatic rings. The lowest BCUT2D eigenvalue weighted by atomic mass is 10.1. The van der Waals surface area contributed by atoms with Crippen molar-refractivity contribution in [2.75, 3.05) is 5.32 Å². The standard InChI is InChI=1S/C19H12Cl2F2N4O2/c20-13-7-11(18(28)26-8-10-1-2-14(22)15(23)5-10)6-12(17(13)21)19(29)27-16-9-24-3-4-25-16/h1-7,9H,8H2,(H,26,28)(H,25,27,29). The van der Waals surface area contributed by atoms with Gasteiger partial charge in [-0.3, -0.25) is 14.6 Å². The van der Waals surface area contributed by atoms with Gasteiger partial charge in [0.1, 0.15) is 0 Å². The van der Waals surface area contributed by atoms with Crippen molar-refractivity contribution in [3.05, 3.63) is 87.3 Å². The summed E-state index contributed by atoms with van der Waals surface area (Å²) in [5, 5.41) is 5.00. The fraction of sp³-hybridized carbons (Fsp3) is 0.0526. The molecule has 0 aliphatic carbocycles. The SMILES string of the molecule is O=C(NCc1ccc(F)c(F)c1)c1cc(Cl)c(Cl)c(C(=O)Nc2cnccn2)c1. The van der Waals surface area contributed by atoms with Gasteiger partial charge < -0.3 is 10.6 Å². The first-order valence-corrected chi connectivity index (χ1v) is 8.89. The molecule has 0 bridgehead atoms. The van der Waals surface area contributed by atoms with Crippen molar-refractivity contribution in [3.63, 3.8) is 0 Å². The highest BCUT2D eigenvalue weighted by Crippen LogP contribution is 2.28. The van der Waals surface area contributed by atoms with E-state index in [-0.39, 0.29) is 33.5 Å². The van der Waals surface area contributed by atoms with E-state index in [9.17, 15) is 18.4 Å². The van der Waals surface area contributed by atoms with Crippen LogP contribution in [0.1, 0.15) is 26.3 Å². The summed E-state index contributed by atoms with van der Waals surface area (Å²) in [5.74, 6) is -3.02. The zero-order valence-corrected chi connectivity index (χ0v) is 16.1. The van der Waals surface area contributed by atoms with Crippen molar-refractivity contribution in [1.29, 1.82) is 0 Å². The number of halogens is 4. The van der Waals surface area contributed by atoms with E-state index < -0.39 is 23.4 Å². The van der Waals surface area contributed by atoms with Crippen LogP contribution in [0.5, 0.6) is 0 Å². The monoisotopic (exact) mass is 436 g/mol. The van der Waals surface area contributed by atoms with Crippen LogP contribution in [-0.2, 0) is 6.54 Å². The average Bonchev–Trinajstić information content (AvgIpc) is 2.71. The lowest BCUT2D eigenvalue weighted by Gasteiger charge is -2.11. The fourth-order valence-electron chi connectivity index (χ4n) is 2.37. The Morgan fingerprint density at radius 2 is 1.79 bits per heavy atom. The molecule has 2 N–H and O–H groups in total. The third kappa shape index (κ3) is 5.04. The molecular formula is C19H12Cl2F2N4O2. The molecule has 0 fully saturated rings. The molecule has 29 heavy (non-hydrogen) atoms. The summed E-state index contributed by atoms with van der Waals surface area (Å²) in [6, 6.07) is 5.84. The molecule has 148 valence electrons. The predicted octanol–water partition coefficient (Wildman–Crippen LogP) is 4.24. The zero-order chi connectivity index (χ0) is 21.0. The Balaban J connectivity index is 1.77.